The van der Waals surface area contributed by atoms with Gasteiger partial charge in [0.05, 0.1) is 6.10 Å². The van der Waals surface area contributed by atoms with E-state index in [-0.39, 0.29) is 6.10 Å². The lowest BCUT2D eigenvalue weighted by atomic mass is 10.1. The number of aliphatic hydroxyl groups excluding tert-OH is 1. The van der Waals surface area contributed by atoms with Crippen molar-refractivity contribution in [2.45, 2.75) is 25.9 Å². The standard InChI is InChI=1S/C7H15NO/c1-6-2-3-7(9)5-8-4-6/h6-9H,2-5H2,1H3. The van der Waals surface area contributed by atoms with Crippen molar-refractivity contribution < 1.29 is 5.11 Å². The number of rotatable bonds is 0. The summed E-state index contributed by atoms with van der Waals surface area (Å²) < 4.78 is 0. The van der Waals surface area contributed by atoms with Crippen molar-refractivity contribution in [3.63, 3.8) is 0 Å². The highest BCUT2D eigenvalue weighted by Crippen LogP contribution is 2.09. The Morgan fingerprint density at radius 3 is 2.89 bits per heavy atom. The monoisotopic (exact) mass is 129 g/mol. The first-order chi connectivity index (χ1) is 4.29. The number of aliphatic hydroxyl groups is 1. The van der Waals surface area contributed by atoms with Crippen LogP contribution in [0.4, 0.5) is 0 Å². The van der Waals surface area contributed by atoms with Crippen LogP contribution in [0.3, 0.4) is 0 Å². The lowest BCUT2D eigenvalue weighted by molar-refractivity contribution is 0.167. The fourth-order valence-corrected chi connectivity index (χ4v) is 1.18. The minimum atomic E-state index is -0.102. The highest BCUT2D eigenvalue weighted by Gasteiger charge is 2.11. The maximum Gasteiger partial charge on any atom is 0.0664 e. The van der Waals surface area contributed by atoms with E-state index in [1.165, 1.54) is 0 Å². The van der Waals surface area contributed by atoms with Gasteiger partial charge in [0.25, 0.3) is 0 Å². The van der Waals surface area contributed by atoms with E-state index in [4.69, 9.17) is 5.11 Å². The van der Waals surface area contributed by atoms with Crippen molar-refractivity contribution in [3.05, 3.63) is 0 Å². The van der Waals surface area contributed by atoms with E-state index in [1.54, 1.807) is 0 Å². The SMILES string of the molecule is CC1CCC(O)CNC1. The maximum atomic E-state index is 9.14. The minimum absolute atomic E-state index is 0.102. The molecule has 1 fully saturated rings. The Morgan fingerprint density at radius 2 is 2.11 bits per heavy atom. The van der Waals surface area contributed by atoms with Gasteiger partial charge in [-0.3, -0.25) is 0 Å². The zero-order valence-corrected chi connectivity index (χ0v) is 5.93. The lowest BCUT2D eigenvalue weighted by Crippen LogP contribution is -2.25. The molecule has 0 radical (unpaired) electrons. The van der Waals surface area contributed by atoms with Crippen molar-refractivity contribution in [2.75, 3.05) is 13.1 Å². The molecule has 2 N–H and O–H groups in total. The Kier molecular flexibility index (Phi) is 2.49. The zero-order valence-electron chi connectivity index (χ0n) is 5.93. The molecule has 0 bridgehead atoms. The predicted octanol–water partition coefficient (Wildman–Crippen LogP) is 0.367. The summed E-state index contributed by atoms with van der Waals surface area (Å²) in [5.41, 5.74) is 0. The summed E-state index contributed by atoms with van der Waals surface area (Å²) in [7, 11) is 0. The third-order valence-electron chi connectivity index (χ3n) is 1.87. The molecule has 2 nitrogen and oxygen atoms in total. The van der Waals surface area contributed by atoms with Crippen molar-refractivity contribution in [2.24, 2.45) is 5.92 Å². The van der Waals surface area contributed by atoms with Gasteiger partial charge < -0.3 is 10.4 Å². The van der Waals surface area contributed by atoms with Crippen LogP contribution >= 0.6 is 0 Å². The Labute approximate surface area is 56.3 Å². The molecule has 1 aliphatic rings. The van der Waals surface area contributed by atoms with Crippen molar-refractivity contribution in [1.29, 1.82) is 0 Å². The molecule has 2 heteroatoms. The minimum Gasteiger partial charge on any atom is -0.392 e. The van der Waals surface area contributed by atoms with Crippen LogP contribution in [0.5, 0.6) is 0 Å². The first kappa shape index (κ1) is 7.03. The van der Waals surface area contributed by atoms with Gasteiger partial charge in [-0.15, -0.1) is 0 Å². The van der Waals surface area contributed by atoms with Gasteiger partial charge in [0, 0.05) is 6.54 Å². The second-order valence-corrected chi connectivity index (χ2v) is 2.99. The Balaban J connectivity index is 2.25. The fourth-order valence-electron chi connectivity index (χ4n) is 1.18. The van der Waals surface area contributed by atoms with E-state index in [1.807, 2.05) is 0 Å². The largest absolute Gasteiger partial charge is 0.392 e. The van der Waals surface area contributed by atoms with Crippen LogP contribution in [0.2, 0.25) is 0 Å². The quantitative estimate of drug-likeness (QED) is 0.495. The molecule has 1 rings (SSSR count). The van der Waals surface area contributed by atoms with E-state index >= 15 is 0 Å². The van der Waals surface area contributed by atoms with Gasteiger partial charge in [-0.2, -0.15) is 0 Å². The molecule has 0 spiro atoms. The number of β-amino-alcohol motifs (C(OH)–C–C–N with tert-alkyl or cyclic N) is 1. The molecule has 1 saturated heterocycles. The summed E-state index contributed by atoms with van der Waals surface area (Å²) in [5.74, 6) is 0.738. The third-order valence-corrected chi connectivity index (χ3v) is 1.87. The van der Waals surface area contributed by atoms with Gasteiger partial charge in [0.1, 0.15) is 0 Å². The Hall–Kier alpha value is -0.0800. The first-order valence-electron chi connectivity index (χ1n) is 3.68. The predicted molar refractivity (Wildman–Crippen MR) is 37.3 cm³/mol. The number of hydrogen-bond acceptors (Lipinski definition) is 2. The van der Waals surface area contributed by atoms with Crippen LogP contribution in [0, 0.1) is 5.92 Å². The fraction of sp³-hybridized carbons (Fsp3) is 1.00. The summed E-state index contributed by atoms with van der Waals surface area (Å²) in [4.78, 5) is 0. The summed E-state index contributed by atoms with van der Waals surface area (Å²) in [6.07, 6.45) is 2.03. The van der Waals surface area contributed by atoms with Crippen LogP contribution in [-0.4, -0.2) is 24.3 Å². The molecule has 1 heterocycles. The molecule has 2 unspecified atom stereocenters. The van der Waals surface area contributed by atoms with Gasteiger partial charge in [0.2, 0.25) is 0 Å². The number of hydrogen-bond donors (Lipinski definition) is 2. The van der Waals surface area contributed by atoms with E-state index in [2.05, 4.69) is 12.2 Å². The first-order valence-corrected chi connectivity index (χ1v) is 3.68. The number of nitrogens with one attached hydrogen (secondary N) is 1. The molecule has 0 saturated carbocycles. The summed E-state index contributed by atoms with van der Waals surface area (Å²) >= 11 is 0. The average Bonchev–Trinajstić information content (AvgIpc) is 1.97. The molecule has 0 aromatic heterocycles. The molecule has 0 aromatic rings. The molecule has 54 valence electrons. The summed E-state index contributed by atoms with van der Waals surface area (Å²) in [6, 6.07) is 0. The Morgan fingerprint density at radius 1 is 1.33 bits per heavy atom. The molecule has 0 amide bonds. The van der Waals surface area contributed by atoms with Crippen LogP contribution in [0.15, 0.2) is 0 Å². The van der Waals surface area contributed by atoms with E-state index in [9.17, 15) is 0 Å². The van der Waals surface area contributed by atoms with Crippen LogP contribution in [0.1, 0.15) is 19.8 Å². The van der Waals surface area contributed by atoms with E-state index in [0.29, 0.717) is 0 Å². The van der Waals surface area contributed by atoms with Gasteiger partial charge in [-0.1, -0.05) is 6.92 Å². The van der Waals surface area contributed by atoms with E-state index in [0.717, 1.165) is 31.8 Å². The molecular weight excluding hydrogens is 114 g/mol. The Bertz CT molecular complexity index is 75.0. The van der Waals surface area contributed by atoms with Crippen molar-refractivity contribution in [1.82, 2.24) is 5.32 Å². The molecule has 2 atom stereocenters. The van der Waals surface area contributed by atoms with E-state index < -0.39 is 0 Å². The molecule has 9 heavy (non-hydrogen) atoms. The van der Waals surface area contributed by atoms with Gasteiger partial charge in [-0.05, 0) is 25.3 Å². The summed E-state index contributed by atoms with van der Waals surface area (Å²) in [6.45, 7) is 4.06. The lowest BCUT2D eigenvalue weighted by Gasteiger charge is -2.03. The highest BCUT2D eigenvalue weighted by molar-refractivity contribution is 4.68. The summed E-state index contributed by atoms with van der Waals surface area (Å²) in [5, 5.41) is 12.3. The second kappa shape index (κ2) is 3.18. The smallest absolute Gasteiger partial charge is 0.0664 e. The molecule has 0 aliphatic carbocycles. The van der Waals surface area contributed by atoms with Crippen LogP contribution in [-0.2, 0) is 0 Å². The van der Waals surface area contributed by atoms with Gasteiger partial charge >= 0.3 is 0 Å². The van der Waals surface area contributed by atoms with Gasteiger partial charge in [0.15, 0.2) is 0 Å². The topological polar surface area (TPSA) is 32.3 Å². The highest BCUT2D eigenvalue weighted by atomic mass is 16.3. The maximum absolute atomic E-state index is 9.14. The second-order valence-electron chi connectivity index (χ2n) is 2.99. The van der Waals surface area contributed by atoms with Crippen molar-refractivity contribution >= 4 is 0 Å². The molecular formula is C7H15NO. The third kappa shape index (κ3) is 2.33. The molecule has 1 aliphatic heterocycles. The van der Waals surface area contributed by atoms with Crippen LogP contribution in [0.25, 0.3) is 0 Å². The van der Waals surface area contributed by atoms with Crippen molar-refractivity contribution in [3.8, 4) is 0 Å². The van der Waals surface area contributed by atoms with Gasteiger partial charge in [-0.25, -0.2) is 0 Å². The average molecular weight is 129 g/mol. The molecule has 0 aromatic carbocycles. The van der Waals surface area contributed by atoms with Crippen LogP contribution < -0.4 is 5.32 Å². The normalized spacial score (nSPS) is 38.0. The zero-order chi connectivity index (χ0) is 6.69.